The molecule has 2 N–H and O–H groups in total. The van der Waals surface area contributed by atoms with Gasteiger partial charge in [-0.05, 0) is 49.6 Å². The Morgan fingerprint density at radius 3 is 2.61 bits per heavy atom. The van der Waals surface area contributed by atoms with Crippen LogP contribution in [0.1, 0.15) is 34.2 Å². The number of nitrogens with one attached hydrogen (secondary N) is 2. The quantitative estimate of drug-likeness (QED) is 0.654. The summed E-state index contributed by atoms with van der Waals surface area (Å²) in [5, 5.41) is 6.14. The highest BCUT2D eigenvalue weighted by Crippen LogP contribution is 2.23. The van der Waals surface area contributed by atoms with Crippen molar-refractivity contribution in [2.45, 2.75) is 27.2 Å². The molecule has 0 fully saturated rings. The van der Waals surface area contributed by atoms with Crippen molar-refractivity contribution in [2.24, 2.45) is 0 Å². The number of aromatic nitrogens is 2. The third-order valence-electron chi connectivity index (χ3n) is 4.39. The average molecular weight is 376 g/mol. The fourth-order valence-corrected chi connectivity index (χ4v) is 2.95. The van der Waals surface area contributed by atoms with Crippen LogP contribution < -0.4 is 15.4 Å². The fraction of sp³-hybridized carbons (Fsp3) is 0.227. The van der Waals surface area contributed by atoms with Gasteiger partial charge in [-0.2, -0.15) is 0 Å². The number of benzene rings is 2. The van der Waals surface area contributed by atoms with Gasteiger partial charge >= 0.3 is 0 Å². The monoisotopic (exact) mass is 376 g/mol. The van der Waals surface area contributed by atoms with Crippen molar-refractivity contribution in [3.05, 3.63) is 71.0 Å². The standard InChI is InChI=1S/C22H24N4O2/c1-5-16-9-6-8-14(2)20(16)26-21(27)19-12-15(3)23-22(25-19)24-17-10-7-11-18(13-17)28-4/h6-13H,5H2,1-4H3,(H,26,27)(H,23,24,25). The molecule has 28 heavy (non-hydrogen) atoms. The minimum absolute atomic E-state index is 0.261. The van der Waals surface area contributed by atoms with Gasteiger partial charge in [0.25, 0.3) is 5.91 Å². The zero-order chi connectivity index (χ0) is 20.1. The van der Waals surface area contributed by atoms with Crippen molar-refractivity contribution in [1.82, 2.24) is 9.97 Å². The summed E-state index contributed by atoms with van der Waals surface area (Å²) in [4.78, 5) is 21.6. The van der Waals surface area contributed by atoms with E-state index >= 15 is 0 Å². The molecule has 6 heteroatoms. The van der Waals surface area contributed by atoms with Crippen molar-refractivity contribution in [1.29, 1.82) is 0 Å². The van der Waals surface area contributed by atoms with Crippen LogP contribution in [-0.2, 0) is 6.42 Å². The van der Waals surface area contributed by atoms with Crippen molar-refractivity contribution in [3.63, 3.8) is 0 Å². The van der Waals surface area contributed by atoms with Gasteiger partial charge < -0.3 is 15.4 Å². The maximum Gasteiger partial charge on any atom is 0.274 e. The number of methoxy groups -OCH3 is 1. The first kappa shape index (κ1) is 19.4. The van der Waals surface area contributed by atoms with Gasteiger partial charge in [0.05, 0.1) is 7.11 Å². The van der Waals surface area contributed by atoms with E-state index in [9.17, 15) is 4.79 Å². The zero-order valence-corrected chi connectivity index (χ0v) is 16.5. The molecule has 0 unspecified atom stereocenters. The Bertz CT molecular complexity index is 1000. The van der Waals surface area contributed by atoms with Gasteiger partial charge in [0.15, 0.2) is 0 Å². The summed E-state index contributed by atoms with van der Waals surface area (Å²) in [7, 11) is 1.61. The van der Waals surface area contributed by atoms with Crippen LogP contribution in [0, 0.1) is 13.8 Å². The van der Waals surface area contributed by atoms with E-state index in [2.05, 4.69) is 27.5 Å². The van der Waals surface area contributed by atoms with Crippen molar-refractivity contribution in [2.75, 3.05) is 17.7 Å². The molecule has 0 saturated carbocycles. The largest absolute Gasteiger partial charge is 0.497 e. The molecule has 0 atom stereocenters. The van der Waals surface area contributed by atoms with Crippen LogP contribution >= 0.6 is 0 Å². The summed E-state index contributed by atoms with van der Waals surface area (Å²) in [5.74, 6) is 0.823. The summed E-state index contributed by atoms with van der Waals surface area (Å²) < 4.78 is 5.23. The number of carbonyl (C=O) groups excluding carboxylic acids is 1. The number of aryl methyl sites for hydroxylation is 3. The van der Waals surface area contributed by atoms with E-state index in [1.165, 1.54) is 0 Å². The number of ether oxygens (including phenoxy) is 1. The Balaban J connectivity index is 1.86. The fourth-order valence-electron chi connectivity index (χ4n) is 2.95. The molecule has 1 amide bonds. The molecule has 1 heterocycles. The Hall–Kier alpha value is -3.41. The summed E-state index contributed by atoms with van der Waals surface area (Å²) in [6.45, 7) is 5.88. The highest BCUT2D eigenvalue weighted by molar-refractivity contribution is 6.04. The molecule has 3 rings (SSSR count). The third-order valence-corrected chi connectivity index (χ3v) is 4.39. The first-order valence-electron chi connectivity index (χ1n) is 9.16. The Kier molecular flexibility index (Phi) is 5.89. The van der Waals surface area contributed by atoms with Gasteiger partial charge in [-0.3, -0.25) is 4.79 Å². The van der Waals surface area contributed by atoms with Crippen molar-refractivity contribution in [3.8, 4) is 5.75 Å². The summed E-state index contributed by atoms with van der Waals surface area (Å²) in [6, 6.07) is 15.1. The third kappa shape index (κ3) is 4.46. The number of rotatable bonds is 6. The van der Waals surface area contributed by atoms with Gasteiger partial charge in [0.1, 0.15) is 11.4 Å². The van der Waals surface area contributed by atoms with Gasteiger partial charge in [0, 0.05) is 23.1 Å². The van der Waals surface area contributed by atoms with E-state index < -0.39 is 0 Å². The first-order valence-corrected chi connectivity index (χ1v) is 9.16. The molecule has 0 bridgehead atoms. The Labute approximate surface area is 165 Å². The van der Waals surface area contributed by atoms with E-state index in [1.54, 1.807) is 13.2 Å². The van der Waals surface area contributed by atoms with Crippen LogP contribution in [0.5, 0.6) is 5.75 Å². The second-order valence-corrected chi connectivity index (χ2v) is 6.49. The van der Waals surface area contributed by atoms with E-state index in [1.807, 2.05) is 56.3 Å². The maximum atomic E-state index is 12.8. The Morgan fingerprint density at radius 2 is 1.86 bits per heavy atom. The van der Waals surface area contributed by atoms with Crippen LogP contribution in [-0.4, -0.2) is 23.0 Å². The van der Waals surface area contributed by atoms with Gasteiger partial charge in [-0.1, -0.05) is 31.2 Å². The van der Waals surface area contributed by atoms with Crippen LogP contribution in [0.4, 0.5) is 17.3 Å². The number of hydrogen-bond donors (Lipinski definition) is 2. The number of anilines is 3. The average Bonchev–Trinajstić information content (AvgIpc) is 2.69. The minimum atomic E-state index is -0.261. The summed E-state index contributed by atoms with van der Waals surface area (Å²) in [6.07, 6.45) is 0.836. The predicted molar refractivity (Wildman–Crippen MR) is 112 cm³/mol. The van der Waals surface area contributed by atoms with Crippen LogP contribution in [0.3, 0.4) is 0 Å². The molecule has 0 spiro atoms. The lowest BCUT2D eigenvalue weighted by molar-refractivity contribution is 0.102. The summed E-state index contributed by atoms with van der Waals surface area (Å²) >= 11 is 0. The van der Waals surface area contributed by atoms with Gasteiger partial charge in [-0.25, -0.2) is 9.97 Å². The summed E-state index contributed by atoms with van der Waals surface area (Å²) in [5.41, 5.74) is 4.74. The molecule has 0 aliphatic carbocycles. The van der Waals surface area contributed by atoms with Crippen LogP contribution in [0.15, 0.2) is 48.5 Å². The first-order chi connectivity index (χ1) is 13.5. The smallest absolute Gasteiger partial charge is 0.274 e. The molecule has 0 radical (unpaired) electrons. The molecule has 0 aliphatic rings. The number of carbonyl (C=O) groups is 1. The molecule has 3 aromatic rings. The second kappa shape index (κ2) is 8.52. The number of amides is 1. The SMILES string of the molecule is CCc1cccc(C)c1NC(=O)c1cc(C)nc(Nc2cccc(OC)c2)n1. The number of hydrogen-bond acceptors (Lipinski definition) is 5. The van der Waals surface area contributed by atoms with E-state index in [0.717, 1.165) is 34.7 Å². The molecule has 144 valence electrons. The van der Waals surface area contributed by atoms with E-state index in [0.29, 0.717) is 17.3 Å². The highest BCUT2D eigenvalue weighted by Gasteiger charge is 2.14. The van der Waals surface area contributed by atoms with Gasteiger partial charge in [-0.15, -0.1) is 0 Å². The normalized spacial score (nSPS) is 10.4. The van der Waals surface area contributed by atoms with Gasteiger partial charge in [0.2, 0.25) is 5.95 Å². The molecule has 0 aliphatic heterocycles. The predicted octanol–water partition coefficient (Wildman–Crippen LogP) is 4.66. The lowest BCUT2D eigenvalue weighted by atomic mass is 10.1. The highest BCUT2D eigenvalue weighted by atomic mass is 16.5. The second-order valence-electron chi connectivity index (χ2n) is 6.49. The topological polar surface area (TPSA) is 76.1 Å². The van der Waals surface area contributed by atoms with Crippen LogP contribution in [0.2, 0.25) is 0 Å². The minimum Gasteiger partial charge on any atom is -0.497 e. The molecular weight excluding hydrogens is 352 g/mol. The van der Waals surface area contributed by atoms with Crippen molar-refractivity contribution < 1.29 is 9.53 Å². The van der Waals surface area contributed by atoms with E-state index in [-0.39, 0.29) is 5.91 Å². The maximum absolute atomic E-state index is 12.8. The molecule has 1 aromatic heterocycles. The molecular formula is C22H24N4O2. The lowest BCUT2D eigenvalue weighted by Crippen LogP contribution is -2.17. The number of para-hydroxylation sites is 1. The molecule has 2 aromatic carbocycles. The van der Waals surface area contributed by atoms with Crippen LogP contribution in [0.25, 0.3) is 0 Å². The lowest BCUT2D eigenvalue weighted by Gasteiger charge is -2.13. The van der Waals surface area contributed by atoms with Crippen molar-refractivity contribution >= 4 is 23.2 Å². The molecule has 6 nitrogen and oxygen atoms in total. The van der Waals surface area contributed by atoms with E-state index in [4.69, 9.17) is 4.74 Å². The zero-order valence-electron chi connectivity index (χ0n) is 16.5. The molecule has 0 saturated heterocycles. The number of nitrogens with zero attached hydrogens (tertiary/aromatic N) is 2. The Morgan fingerprint density at radius 1 is 1.07 bits per heavy atom.